The Hall–Kier alpha value is -2.58. The number of fused-ring (bicyclic) bond motifs is 1. The number of anilines is 2. The summed E-state index contributed by atoms with van der Waals surface area (Å²) in [5.74, 6) is 0.665. The summed E-state index contributed by atoms with van der Waals surface area (Å²) in [6, 6.07) is 7.15. The summed E-state index contributed by atoms with van der Waals surface area (Å²) in [5, 5.41) is 6.15. The van der Waals surface area contributed by atoms with E-state index in [1.807, 2.05) is 10.6 Å². The van der Waals surface area contributed by atoms with E-state index in [9.17, 15) is 9.59 Å². The minimum absolute atomic E-state index is 0. The van der Waals surface area contributed by atoms with Gasteiger partial charge in [-0.05, 0) is 18.2 Å². The Morgan fingerprint density at radius 3 is 2.96 bits per heavy atom. The van der Waals surface area contributed by atoms with Crippen molar-refractivity contribution in [2.45, 2.75) is 13.0 Å². The van der Waals surface area contributed by atoms with E-state index in [0.29, 0.717) is 30.2 Å². The maximum absolute atomic E-state index is 12.5. The average molecular weight is 378 g/mol. The Bertz CT molecular complexity index is 799. The average Bonchev–Trinajstić information content (AvgIpc) is 3.16. The van der Waals surface area contributed by atoms with E-state index in [1.165, 1.54) is 0 Å². The Morgan fingerprint density at radius 1 is 1.27 bits per heavy atom. The first-order chi connectivity index (χ1) is 12.2. The van der Waals surface area contributed by atoms with Gasteiger partial charge >= 0.3 is 6.09 Å². The fraction of sp³-hybridized carbons (Fsp3) is 0.353. The second-order valence-electron chi connectivity index (χ2n) is 6.01. The van der Waals surface area contributed by atoms with Crippen LogP contribution < -0.4 is 15.5 Å². The largest absolute Gasteiger partial charge is 0.447 e. The molecule has 2 aliphatic heterocycles. The minimum atomic E-state index is -0.366. The molecule has 26 heavy (non-hydrogen) atoms. The third-order valence-corrected chi connectivity index (χ3v) is 4.32. The zero-order valence-corrected chi connectivity index (χ0v) is 14.9. The molecule has 0 spiro atoms. The maximum atomic E-state index is 12.5. The molecule has 1 saturated heterocycles. The predicted octanol–water partition coefficient (Wildman–Crippen LogP) is 1.66. The second kappa shape index (κ2) is 7.76. The first-order valence-electron chi connectivity index (χ1n) is 8.33. The molecule has 1 aromatic carbocycles. The number of hydrogen-bond donors (Lipinski definition) is 2. The molecular formula is C17H20ClN5O3. The number of halogens is 1. The van der Waals surface area contributed by atoms with Crippen LogP contribution in [0.2, 0.25) is 0 Å². The number of ether oxygens (including phenoxy) is 1. The van der Waals surface area contributed by atoms with Crippen molar-refractivity contribution in [2.24, 2.45) is 0 Å². The fourth-order valence-corrected chi connectivity index (χ4v) is 3.06. The normalized spacial score (nSPS) is 16.3. The van der Waals surface area contributed by atoms with Crippen LogP contribution in [0.15, 0.2) is 30.5 Å². The number of carbonyl (C=O) groups excluding carboxylic acids is 2. The molecule has 2 aromatic rings. The number of amides is 2. The number of aromatic nitrogens is 2. The van der Waals surface area contributed by atoms with Crippen LogP contribution in [0.1, 0.15) is 16.3 Å². The summed E-state index contributed by atoms with van der Waals surface area (Å²) in [4.78, 5) is 30.2. The monoisotopic (exact) mass is 377 g/mol. The van der Waals surface area contributed by atoms with E-state index < -0.39 is 0 Å². The Labute approximate surface area is 156 Å². The number of cyclic esters (lactones) is 1. The molecule has 0 aliphatic carbocycles. The predicted molar refractivity (Wildman–Crippen MR) is 99.1 cm³/mol. The molecule has 0 radical (unpaired) electrons. The van der Waals surface area contributed by atoms with E-state index >= 15 is 0 Å². The molecule has 0 saturated carbocycles. The zero-order valence-electron chi connectivity index (χ0n) is 14.1. The third-order valence-electron chi connectivity index (χ3n) is 4.32. The first-order valence-corrected chi connectivity index (χ1v) is 8.33. The van der Waals surface area contributed by atoms with Crippen LogP contribution in [0.25, 0.3) is 0 Å². The molecule has 1 aromatic heterocycles. The summed E-state index contributed by atoms with van der Waals surface area (Å²) < 4.78 is 6.97. The number of rotatable bonds is 3. The molecule has 138 valence electrons. The lowest BCUT2D eigenvalue weighted by Crippen LogP contribution is -2.23. The van der Waals surface area contributed by atoms with Crippen molar-refractivity contribution < 1.29 is 14.3 Å². The van der Waals surface area contributed by atoms with Gasteiger partial charge in [0.2, 0.25) is 0 Å². The highest BCUT2D eigenvalue weighted by atomic mass is 35.5. The van der Waals surface area contributed by atoms with Crippen molar-refractivity contribution in [3.8, 4) is 0 Å². The molecule has 8 nitrogen and oxygen atoms in total. The van der Waals surface area contributed by atoms with Crippen molar-refractivity contribution in [1.29, 1.82) is 0 Å². The van der Waals surface area contributed by atoms with Gasteiger partial charge in [0, 0.05) is 43.6 Å². The van der Waals surface area contributed by atoms with Crippen molar-refractivity contribution in [2.75, 3.05) is 36.5 Å². The highest BCUT2D eigenvalue weighted by Gasteiger charge is 2.24. The fourth-order valence-electron chi connectivity index (χ4n) is 3.06. The van der Waals surface area contributed by atoms with Crippen LogP contribution in [-0.2, 0) is 17.7 Å². The van der Waals surface area contributed by atoms with Gasteiger partial charge in [0.25, 0.3) is 5.91 Å². The maximum Gasteiger partial charge on any atom is 0.414 e. The number of imidazole rings is 1. The van der Waals surface area contributed by atoms with Crippen LogP contribution in [0, 0.1) is 0 Å². The van der Waals surface area contributed by atoms with E-state index in [0.717, 1.165) is 31.9 Å². The van der Waals surface area contributed by atoms with Crippen molar-refractivity contribution in [1.82, 2.24) is 14.9 Å². The van der Waals surface area contributed by atoms with Crippen molar-refractivity contribution in [3.05, 3.63) is 42.0 Å². The molecular weight excluding hydrogens is 358 g/mol. The zero-order chi connectivity index (χ0) is 17.2. The summed E-state index contributed by atoms with van der Waals surface area (Å²) >= 11 is 0. The van der Waals surface area contributed by atoms with Gasteiger partial charge in [-0.25, -0.2) is 9.78 Å². The molecule has 2 aliphatic rings. The molecule has 0 unspecified atom stereocenters. The van der Waals surface area contributed by atoms with E-state index in [-0.39, 0.29) is 24.4 Å². The molecule has 3 heterocycles. The Balaban J connectivity index is 0.00000196. The Kier molecular flexibility index (Phi) is 5.43. The minimum Gasteiger partial charge on any atom is -0.447 e. The van der Waals surface area contributed by atoms with Crippen LogP contribution in [0.4, 0.5) is 16.2 Å². The second-order valence-corrected chi connectivity index (χ2v) is 6.01. The number of hydrogen-bond acceptors (Lipinski definition) is 5. The summed E-state index contributed by atoms with van der Waals surface area (Å²) in [6.45, 7) is 3.44. The quantitative estimate of drug-likeness (QED) is 0.849. The summed E-state index contributed by atoms with van der Waals surface area (Å²) in [5.41, 5.74) is 1.72. The van der Waals surface area contributed by atoms with Gasteiger partial charge in [-0.15, -0.1) is 12.4 Å². The molecule has 2 amide bonds. The lowest BCUT2D eigenvalue weighted by Gasteiger charge is -2.14. The van der Waals surface area contributed by atoms with Gasteiger partial charge in [0.15, 0.2) is 0 Å². The molecule has 2 N–H and O–H groups in total. The third kappa shape index (κ3) is 3.66. The molecule has 9 heteroatoms. The van der Waals surface area contributed by atoms with E-state index in [1.54, 1.807) is 29.3 Å². The SMILES string of the molecule is Cl.O=C(Nc1cccc(N2CCOC2=O)c1)c1cn2c(n1)CCNCC2. The highest BCUT2D eigenvalue weighted by molar-refractivity contribution is 6.03. The molecule has 0 bridgehead atoms. The van der Waals surface area contributed by atoms with Crippen LogP contribution in [0.3, 0.4) is 0 Å². The van der Waals surface area contributed by atoms with Gasteiger partial charge in [-0.2, -0.15) is 0 Å². The van der Waals surface area contributed by atoms with Gasteiger partial charge in [-0.1, -0.05) is 6.07 Å². The van der Waals surface area contributed by atoms with Crippen molar-refractivity contribution >= 4 is 35.8 Å². The van der Waals surface area contributed by atoms with Gasteiger partial charge in [0.1, 0.15) is 18.1 Å². The van der Waals surface area contributed by atoms with E-state index in [2.05, 4.69) is 15.6 Å². The smallest absolute Gasteiger partial charge is 0.414 e. The first kappa shape index (κ1) is 18.2. The molecule has 1 fully saturated rings. The lowest BCUT2D eigenvalue weighted by atomic mass is 10.2. The summed E-state index contributed by atoms with van der Waals surface area (Å²) in [6.07, 6.45) is 2.23. The molecule has 4 rings (SSSR count). The summed E-state index contributed by atoms with van der Waals surface area (Å²) in [7, 11) is 0. The highest BCUT2D eigenvalue weighted by Crippen LogP contribution is 2.22. The standard InChI is InChI=1S/C17H19N5O3.ClH/c23-16(14-11-21-7-6-18-5-4-15(21)20-14)19-12-2-1-3-13(10-12)22-8-9-25-17(22)24;/h1-3,10-11,18H,4-9H2,(H,19,23);1H. The number of benzene rings is 1. The number of nitrogens with one attached hydrogen (secondary N) is 2. The van der Waals surface area contributed by atoms with Crippen LogP contribution in [0.5, 0.6) is 0 Å². The molecule has 0 atom stereocenters. The van der Waals surface area contributed by atoms with Gasteiger partial charge < -0.3 is 19.9 Å². The van der Waals surface area contributed by atoms with Crippen molar-refractivity contribution in [3.63, 3.8) is 0 Å². The lowest BCUT2D eigenvalue weighted by molar-refractivity contribution is 0.102. The topological polar surface area (TPSA) is 88.5 Å². The van der Waals surface area contributed by atoms with Gasteiger partial charge in [-0.3, -0.25) is 9.69 Å². The number of nitrogens with zero attached hydrogens (tertiary/aromatic N) is 3. The Morgan fingerprint density at radius 2 is 2.15 bits per heavy atom. The van der Waals surface area contributed by atoms with Crippen LogP contribution >= 0.6 is 12.4 Å². The van der Waals surface area contributed by atoms with Crippen LogP contribution in [-0.4, -0.2) is 47.8 Å². The van der Waals surface area contributed by atoms with E-state index in [4.69, 9.17) is 4.74 Å². The number of carbonyl (C=O) groups is 2. The van der Waals surface area contributed by atoms with Gasteiger partial charge in [0.05, 0.1) is 6.54 Å².